The third kappa shape index (κ3) is 4.08. The number of imidazole rings is 1. The van der Waals surface area contributed by atoms with Crippen molar-refractivity contribution in [2.24, 2.45) is 5.41 Å². The standard InChI is InChI=1S/C21H29FN2O2/c1-21(2,3)13-15(25)9-6-10-19-23-20-17(22)11-16(26-4)12-18(20)24(19)14-7-5-8-14/h11-12,14H,5-10,13H2,1-4H3. The smallest absolute Gasteiger partial charge is 0.154 e. The summed E-state index contributed by atoms with van der Waals surface area (Å²) in [6.07, 6.45) is 5.99. The lowest BCUT2D eigenvalue weighted by Crippen LogP contribution is -2.19. The zero-order chi connectivity index (χ0) is 18.9. The zero-order valence-electron chi connectivity index (χ0n) is 16.3. The van der Waals surface area contributed by atoms with Gasteiger partial charge in [-0.1, -0.05) is 20.8 Å². The number of nitrogens with zero attached hydrogens (tertiary/aromatic N) is 2. The Kier molecular flexibility index (Phi) is 5.35. The highest BCUT2D eigenvalue weighted by atomic mass is 19.1. The van der Waals surface area contributed by atoms with Crippen LogP contribution in [-0.4, -0.2) is 22.4 Å². The Morgan fingerprint density at radius 2 is 2.08 bits per heavy atom. The van der Waals surface area contributed by atoms with Crippen LogP contribution in [-0.2, 0) is 11.2 Å². The molecule has 1 saturated carbocycles. The lowest BCUT2D eigenvalue weighted by molar-refractivity contribution is -0.120. The van der Waals surface area contributed by atoms with E-state index >= 15 is 0 Å². The Hall–Kier alpha value is -1.91. The number of halogens is 1. The summed E-state index contributed by atoms with van der Waals surface area (Å²) in [6.45, 7) is 6.24. The average Bonchev–Trinajstić information content (AvgIpc) is 2.83. The van der Waals surface area contributed by atoms with Crippen molar-refractivity contribution >= 4 is 16.8 Å². The molecule has 3 rings (SSSR count). The van der Waals surface area contributed by atoms with E-state index in [0.29, 0.717) is 36.6 Å². The molecule has 2 aromatic rings. The molecule has 26 heavy (non-hydrogen) atoms. The van der Waals surface area contributed by atoms with Crippen molar-refractivity contribution in [2.75, 3.05) is 7.11 Å². The molecule has 1 aromatic carbocycles. The van der Waals surface area contributed by atoms with Crippen LogP contribution in [0.3, 0.4) is 0 Å². The molecule has 1 aliphatic rings. The summed E-state index contributed by atoms with van der Waals surface area (Å²) in [7, 11) is 1.55. The Bertz CT molecular complexity index is 800. The van der Waals surface area contributed by atoms with Gasteiger partial charge in [-0.3, -0.25) is 4.79 Å². The molecule has 0 atom stereocenters. The predicted octanol–water partition coefficient (Wildman–Crippen LogP) is 5.24. The van der Waals surface area contributed by atoms with Crippen LogP contribution in [0.5, 0.6) is 5.75 Å². The van der Waals surface area contributed by atoms with E-state index in [2.05, 4.69) is 30.3 Å². The fraction of sp³-hybridized carbons (Fsp3) is 0.619. The van der Waals surface area contributed by atoms with Crippen molar-refractivity contribution in [3.05, 3.63) is 23.8 Å². The highest BCUT2D eigenvalue weighted by Crippen LogP contribution is 2.37. The van der Waals surface area contributed by atoms with Gasteiger partial charge >= 0.3 is 0 Å². The van der Waals surface area contributed by atoms with Gasteiger partial charge in [0.15, 0.2) is 5.82 Å². The lowest BCUT2D eigenvalue weighted by Gasteiger charge is -2.29. The molecule has 0 radical (unpaired) electrons. The minimum Gasteiger partial charge on any atom is -0.497 e. The maximum atomic E-state index is 14.4. The van der Waals surface area contributed by atoms with E-state index in [-0.39, 0.29) is 17.0 Å². The molecular formula is C21H29FN2O2. The summed E-state index contributed by atoms with van der Waals surface area (Å²) in [6, 6.07) is 3.64. The molecule has 0 unspecified atom stereocenters. The highest BCUT2D eigenvalue weighted by molar-refractivity contribution is 5.80. The number of rotatable bonds is 7. The summed E-state index contributed by atoms with van der Waals surface area (Å²) in [4.78, 5) is 16.7. The minimum atomic E-state index is -0.345. The molecule has 5 heteroatoms. The van der Waals surface area contributed by atoms with Gasteiger partial charge < -0.3 is 9.30 Å². The number of hydrogen-bond donors (Lipinski definition) is 0. The third-order valence-electron chi connectivity index (χ3n) is 5.05. The van der Waals surface area contributed by atoms with Gasteiger partial charge in [-0.25, -0.2) is 9.37 Å². The van der Waals surface area contributed by atoms with Gasteiger partial charge in [-0.15, -0.1) is 0 Å². The summed E-state index contributed by atoms with van der Waals surface area (Å²) in [5.41, 5.74) is 1.24. The first-order valence-electron chi connectivity index (χ1n) is 9.54. The summed E-state index contributed by atoms with van der Waals surface area (Å²) >= 11 is 0. The molecule has 1 aromatic heterocycles. The van der Waals surface area contributed by atoms with E-state index in [9.17, 15) is 9.18 Å². The second-order valence-corrected chi connectivity index (χ2v) is 8.59. The zero-order valence-corrected chi connectivity index (χ0v) is 16.3. The van der Waals surface area contributed by atoms with Crippen LogP contribution >= 0.6 is 0 Å². The van der Waals surface area contributed by atoms with Crippen LogP contribution in [0, 0.1) is 11.2 Å². The number of benzene rings is 1. The number of aromatic nitrogens is 2. The summed E-state index contributed by atoms with van der Waals surface area (Å²) in [5, 5.41) is 0. The maximum Gasteiger partial charge on any atom is 0.154 e. The highest BCUT2D eigenvalue weighted by Gasteiger charge is 2.26. The number of carbonyl (C=O) groups is 1. The Labute approximate surface area is 154 Å². The van der Waals surface area contributed by atoms with E-state index in [1.165, 1.54) is 12.5 Å². The SMILES string of the molecule is COc1cc(F)c2nc(CCCC(=O)CC(C)(C)C)n(C3CCC3)c2c1. The predicted molar refractivity (Wildman–Crippen MR) is 101 cm³/mol. The number of carbonyl (C=O) groups excluding carboxylic acids is 1. The number of methoxy groups -OCH3 is 1. The van der Waals surface area contributed by atoms with Crippen LogP contribution in [0.25, 0.3) is 11.0 Å². The number of Topliss-reactive ketones (excluding diaryl/α,β-unsaturated/α-hetero) is 1. The van der Waals surface area contributed by atoms with Gasteiger partial charge in [0, 0.05) is 37.4 Å². The normalized spacial score (nSPS) is 15.3. The fourth-order valence-electron chi connectivity index (χ4n) is 3.65. The van der Waals surface area contributed by atoms with Crippen LogP contribution in [0.4, 0.5) is 4.39 Å². The van der Waals surface area contributed by atoms with Gasteiger partial charge in [0.2, 0.25) is 0 Å². The van der Waals surface area contributed by atoms with Gasteiger partial charge in [-0.2, -0.15) is 0 Å². The first-order valence-corrected chi connectivity index (χ1v) is 9.54. The molecule has 0 aliphatic heterocycles. The molecule has 1 aliphatic carbocycles. The molecule has 4 nitrogen and oxygen atoms in total. The van der Waals surface area contributed by atoms with E-state index < -0.39 is 0 Å². The summed E-state index contributed by atoms with van der Waals surface area (Å²) < 4.78 is 21.8. The minimum absolute atomic E-state index is 0.0237. The number of ketones is 1. The first kappa shape index (κ1) is 18.9. The first-order chi connectivity index (χ1) is 12.3. The van der Waals surface area contributed by atoms with Crippen LogP contribution < -0.4 is 4.74 Å². The molecule has 0 spiro atoms. The molecule has 0 amide bonds. The Morgan fingerprint density at radius 3 is 2.65 bits per heavy atom. The van der Waals surface area contributed by atoms with Crippen LogP contribution in [0.15, 0.2) is 12.1 Å². The van der Waals surface area contributed by atoms with Crippen molar-refractivity contribution in [3.8, 4) is 5.75 Å². The van der Waals surface area contributed by atoms with Crippen molar-refractivity contribution in [3.63, 3.8) is 0 Å². The molecule has 0 N–H and O–H groups in total. The maximum absolute atomic E-state index is 14.4. The van der Waals surface area contributed by atoms with Crippen LogP contribution in [0.1, 0.15) is 71.2 Å². The number of fused-ring (bicyclic) bond motifs is 1. The van der Waals surface area contributed by atoms with Gasteiger partial charge in [0.25, 0.3) is 0 Å². The van der Waals surface area contributed by atoms with E-state index in [4.69, 9.17) is 4.74 Å². The van der Waals surface area contributed by atoms with Gasteiger partial charge in [0.05, 0.1) is 12.6 Å². The third-order valence-corrected chi connectivity index (χ3v) is 5.05. The van der Waals surface area contributed by atoms with Crippen molar-refractivity contribution in [1.82, 2.24) is 9.55 Å². The molecule has 1 fully saturated rings. The average molecular weight is 360 g/mol. The quantitative estimate of drug-likeness (QED) is 0.678. The topological polar surface area (TPSA) is 44.1 Å². The largest absolute Gasteiger partial charge is 0.497 e. The molecule has 0 bridgehead atoms. The van der Waals surface area contributed by atoms with E-state index in [1.54, 1.807) is 7.11 Å². The molecule has 142 valence electrons. The Balaban J connectivity index is 1.81. The molecule has 1 heterocycles. The monoisotopic (exact) mass is 360 g/mol. The molecule has 0 saturated heterocycles. The van der Waals surface area contributed by atoms with Crippen molar-refractivity contribution in [1.29, 1.82) is 0 Å². The number of aryl methyl sites for hydroxylation is 1. The Morgan fingerprint density at radius 1 is 1.35 bits per heavy atom. The number of ether oxygens (including phenoxy) is 1. The van der Waals surface area contributed by atoms with Crippen LogP contribution in [0.2, 0.25) is 0 Å². The second-order valence-electron chi connectivity index (χ2n) is 8.59. The van der Waals surface area contributed by atoms with E-state index in [1.807, 2.05) is 6.07 Å². The van der Waals surface area contributed by atoms with Crippen molar-refractivity contribution in [2.45, 2.75) is 71.8 Å². The van der Waals surface area contributed by atoms with Crippen molar-refractivity contribution < 1.29 is 13.9 Å². The van der Waals surface area contributed by atoms with Gasteiger partial charge in [-0.05, 0) is 31.1 Å². The molecular weight excluding hydrogens is 331 g/mol. The van der Waals surface area contributed by atoms with E-state index in [0.717, 1.165) is 30.6 Å². The van der Waals surface area contributed by atoms with Gasteiger partial charge in [0.1, 0.15) is 22.9 Å². The summed E-state index contributed by atoms with van der Waals surface area (Å²) in [5.74, 6) is 1.35. The fourth-order valence-corrected chi connectivity index (χ4v) is 3.65. The second kappa shape index (κ2) is 7.37. The number of hydrogen-bond acceptors (Lipinski definition) is 3. The lowest BCUT2D eigenvalue weighted by atomic mass is 9.88.